The minimum absolute atomic E-state index is 0. The number of hydrogen-bond donors (Lipinski definition) is 1. The lowest BCUT2D eigenvalue weighted by Crippen LogP contribution is -2.16. The van der Waals surface area contributed by atoms with Crippen molar-refractivity contribution in [3.63, 3.8) is 0 Å². The second-order valence-corrected chi connectivity index (χ2v) is 3.19. The van der Waals surface area contributed by atoms with E-state index in [2.05, 4.69) is 4.74 Å². The summed E-state index contributed by atoms with van der Waals surface area (Å²) in [5.41, 5.74) is 5.08. The van der Waals surface area contributed by atoms with E-state index in [9.17, 15) is 17.6 Å². The van der Waals surface area contributed by atoms with Crippen LogP contribution in [0.1, 0.15) is 0 Å². The van der Waals surface area contributed by atoms with Gasteiger partial charge in [0.1, 0.15) is 23.9 Å². The van der Waals surface area contributed by atoms with Crippen LogP contribution in [-0.4, -0.2) is 19.5 Å². The van der Waals surface area contributed by atoms with E-state index < -0.39 is 12.2 Å². The molecule has 1 aromatic rings. The van der Waals surface area contributed by atoms with E-state index in [-0.39, 0.29) is 37.1 Å². The van der Waals surface area contributed by atoms with Crippen LogP contribution in [0.25, 0.3) is 0 Å². The number of nitrogens with two attached hydrogens (primary N) is 1. The van der Waals surface area contributed by atoms with Gasteiger partial charge in [-0.25, -0.2) is 4.39 Å². The number of benzene rings is 1. The van der Waals surface area contributed by atoms with Gasteiger partial charge in [0.2, 0.25) is 0 Å². The molecular formula is C11H12ClF4NO2. The summed E-state index contributed by atoms with van der Waals surface area (Å²) < 4.78 is 57.1. The molecule has 0 atom stereocenters. The average molecular weight is 302 g/mol. The molecule has 8 heteroatoms. The van der Waals surface area contributed by atoms with Crippen LogP contribution in [0, 0.1) is 0 Å². The number of halogens is 5. The molecule has 0 radical (unpaired) electrons. The summed E-state index contributed by atoms with van der Waals surface area (Å²) in [7, 11) is 0. The molecule has 0 unspecified atom stereocenters. The lowest BCUT2D eigenvalue weighted by atomic mass is 10.3. The van der Waals surface area contributed by atoms with Gasteiger partial charge in [0, 0.05) is 6.54 Å². The molecule has 0 saturated heterocycles. The van der Waals surface area contributed by atoms with Crippen LogP contribution in [0.5, 0.6) is 11.5 Å². The number of rotatable bonds is 5. The van der Waals surface area contributed by atoms with Crippen molar-refractivity contribution >= 4 is 12.4 Å². The highest BCUT2D eigenvalue weighted by Gasteiger charge is 2.30. The Labute approximate surface area is 113 Å². The Morgan fingerprint density at radius 1 is 1.16 bits per heavy atom. The number of ether oxygens (including phenoxy) is 2. The van der Waals surface area contributed by atoms with Gasteiger partial charge in [0.05, 0.1) is 0 Å². The maximum Gasteiger partial charge on any atom is 0.573 e. The summed E-state index contributed by atoms with van der Waals surface area (Å²) in [6.07, 6.45) is -3.60. The second-order valence-electron chi connectivity index (χ2n) is 3.19. The fraction of sp³-hybridized carbons (Fsp3) is 0.273. The van der Waals surface area contributed by atoms with E-state index in [1.807, 2.05) is 0 Å². The summed E-state index contributed by atoms with van der Waals surface area (Å²) in [6.45, 7) is -0.274. The highest BCUT2D eigenvalue weighted by molar-refractivity contribution is 5.85. The first-order valence-electron chi connectivity index (χ1n) is 4.94. The molecule has 108 valence electrons. The molecule has 0 amide bonds. The monoisotopic (exact) mass is 301 g/mol. The fourth-order valence-electron chi connectivity index (χ4n) is 1.08. The quantitative estimate of drug-likeness (QED) is 0.850. The van der Waals surface area contributed by atoms with E-state index in [0.29, 0.717) is 0 Å². The summed E-state index contributed by atoms with van der Waals surface area (Å²) >= 11 is 0. The summed E-state index contributed by atoms with van der Waals surface area (Å²) in [5.74, 6) is -0.689. The Morgan fingerprint density at radius 3 is 2.16 bits per heavy atom. The molecule has 19 heavy (non-hydrogen) atoms. The van der Waals surface area contributed by atoms with E-state index in [4.69, 9.17) is 10.5 Å². The van der Waals surface area contributed by atoms with Gasteiger partial charge in [-0.1, -0.05) is 0 Å². The molecule has 0 aliphatic carbocycles. The highest BCUT2D eigenvalue weighted by atomic mass is 35.5. The van der Waals surface area contributed by atoms with Crippen molar-refractivity contribution in [1.29, 1.82) is 0 Å². The van der Waals surface area contributed by atoms with Crippen LogP contribution in [0.4, 0.5) is 17.6 Å². The molecule has 0 aliphatic heterocycles. The molecule has 0 saturated carbocycles. The van der Waals surface area contributed by atoms with Crippen LogP contribution in [0.2, 0.25) is 0 Å². The molecule has 0 aromatic heterocycles. The summed E-state index contributed by atoms with van der Waals surface area (Å²) in [6, 6.07) is 4.65. The average Bonchev–Trinajstić information content (AvgIpc) is 2.26. The highest BCUT2D eigenvalue weighted by Crippen LogP contribution is 2.24. The number of hydrogen-bond acceptors (Lipinski definition) is 3. The number of alkyl halides is 3. The Balaban J connectivity index is 0.00000324. The minimum atomic E-state index is -4.74. The zero-order valence-corrected chi connectivity index (χ0v) is 10.4. The standard InChI is InChI=1S/C11H11F4NO2.ClH/c12-8(5-6-16)7-17-9-1-3-10(4-2-9)18-11(13,14)15;/h1-5H,6-7,16H2;1H/b8-5+;. The van der Waals surface area contributed by atoms with Crippen LogP contribution in [0.15, 0.2) is 36.2 Å². The van der Waals surface area contributed by atoms with E-state index in [1.54, 1.807) is 0 Å². The first-order chi connectivity index (χ1) is 8.40. The van der Waals surface area contributed by atoms with Gasteiger partial charge in [-0.2, -0.15) is 0 Å². The molecule has 0 fully saturated rings. The van der Waals surface area contributed by atoms with Gasteiger partial charge in [-0.3, -0.25) is 0 Å². The molecular weight excluding hydrogens is 290 g/mol. The topological polar surface area (TPSA) is 44.5 Å². The van der Waals surface area contributed by atoms with Crippen molar-refractivity contribution in [2.75, 3.05) is 13.2 Å². The molecule has 0 heterocycles. The lowest BCUT2D eigenvalue weighted by molar-refractivity contribution is -0.274. The first kappa shape index (κ1) is 17.5. The summed E-state index contributed by atoms with van der Waals surface area (Å²) in [5, 5.41) is 0. The predicted molar refractivity (Wildman–Crippen MR) is 64.1 cm³/mol. The maximum atomic E-state index is 12.9. The third kappa shape index (κ3) is 7.53. The predicted octanol–water partition coefficient (Wildman–Crippen LogP) is 3.20. The Morgan fingerprint density at radius 2 is 1.68 bits per heavy atom. The van der Waals surface area contributed by atoms with Crippen molar-refractivity contribution < 1.29 is 27.0 Å². The molecule has 1 aromatic carbocycles. The molecule has 0 aliphatic rings. The van der Waals surface area contributed by atoms with Gasteiger partial charge < -0.3 is 15.2 Å². The normalized spacial score (nSPS) is 11.7. The molecule has 1 rings (SSSR count). The van der Waals surface area contributed by atoms with Crippen molar-refractivity contribution in [3.05, 3.63) is 36.2 Å². The van der Waals surface area contributed by atoms with E-state index in [1.165, 1.54) is 12.1 Å². The van der Waals surface area contributed by atoms with Crippen molar-refractivity contribution in [1.82, 2.24) is 0 Å². The SMILES string of the molecule is Cl.NC/C=C(/F)COc1ccc(OC(F)(F)F)cc1. The Kier molecular flexibility index (Phi) is 7.25. The van der Waals surface area contributed by atoms with E-state index in [0.717, 1.165) is 18.2 Å². The van der Waals surface area contributed by atoms with Crippen LogP contribution < -0.4 is 15.2 Å². The van der Waals surface area contributed by atoms with Crippen LogP contribution in [0.3, 0.4) is 0 Å². The molecule has 0 spiro atoms. The van der Waals surface area contributed by atoms with Gasteiger partial charge in [0.25, 0.3) is 0 Å². The Hall–Kier alpha value is -1.47. The van der Waals surface area contributed by atoms with Gasteiger partial charge in [-0.15, -0.1) is 25.6 Å². The largest absolute Gasteiger partial charge is 0.573 e. The maximum absolute atomic E-state index is 12.9. The van der Waals surface area contributed by atoms with Crippen molar-refractivity contribution in [2.24, 2.45) is 5.73 Å². The molecule has 2 N–H and O–H groups in total. The van der Waals surface area contributed by atoms with Gasteiger partial charge in [-0.05, 0) is 30.3 Å². The minimum Gasteiger partial charge on any atom is -0.487 e. The fourth-order valence-corrected chi connectivity index (χ4v) is 1.08. The lowest BCUT2D eigenvalue weighted by Gasteiger charge is -2.09. The van der Waals surface area contributed by atoms with Crippen LogP contribution in [-0.2, 0) is 0 Å². The zero-order valence-electron chi connectivity index (χ0n) is 9.61. The first-order valence-corrected chi connectivity index (χ1v) is 4.94. The molecule has 3 nitrogen and oxygen atoms in total. The Bertz CT molecular complexity index is 406. The van der Waals surface area contributed by atoms with Gasteiger partial charge >= 0.3 is 6.36 Å². The van der Waals surface area contributed by atoms with Crippen molar-refractivity contribution in [3.8, 4) is 11.5 Å². The van der Waals surface area contributed by atoms with Gasteiger partial charge in [0.15, 0.2) is 0 Å². The summed E-state index contributed by atoms with van der Waals surface area (Å²) in [4.78, 5) is 0. The van der Waals surface area contributed by atoms with Crippen LogP contribution >= 0.6 is 12.4 Å². The van der Waals surface area contributed by atoms with E-state index >= 15 is 0 Å². The van der Waals surface area contributed by atoms with Crippen molar-refractivity contribution in [2.45, 2.75) is 6.36 Å². The third-order valence-corrected chi connectivity index (χ3v) is 1.77. The molecule has 0 bridgehead atoms. The zero-order chi connectivity index (χ0) is 13.6. The second kappa shape index (κ2) is 7.85. The smallest absolute Gasteiger partial charge is 0.487 e. The third-order valence-electron chi connectivity index (χ3n) is 1.77.